The number of para-hydroxylation sites is 3. The highest BCUT2D eigenvalue weighted by molar-refractivity contribution is 5.89. The van der Waals surface area contributed by atoms with Gasteiger partial charge in [0, 0.05) is 17.1 Å². The van der Waals surface area contributed by atoms with E-state index in [2.05, 4.69) is 16.0 Å². The Hall–Kier alpha value is -3.67. The molecule has 0 unspecified atom stereocenters. The van der Waals surface area contributed by atoms with E-state index in [1.807, 2.05) is 79.7 Å². The summed E-state index contributed by atoms with van der Waals surface area (Å²) in [7, 11) is 0. The Kier molecular flexibility index (Phi) is 6.73. The van der Waals surface area contributed by atoms with Gasteiger partial charge < -0.3 is 25.4 Å². The fourth-order valence-electron chi connectivity index (χ4n) is 2.52. The highest BCUT2D eigenvalue weighted by Crippen LogP contribution is 2.26. The number of rotatable bonds is 8. The van der Waals surface area contributed by atoms with Gasteiger partial charge in [0.15, 0.2) is 18.2 Å². The van der Waals surface area contributed by atoms with Crippen LogP contribution in [-0.2, 0) is 0 Å². The van der Waals surface area contributed by atoms with Gasteiger partial charge in [-0.25, -0.2) is 4.79 Å². The van der Waals surface area contributed by atoms with Gasteiger partial charge in [-0.15, -0.1) is 0 Å². The second-order valence-corrected chi connectivity index (χ2v) is 5.87. The fraction of sp³-hybridized carbons (Fsp3) is 0.136. The third kappa shape index (κ3) is 5.67. The molecule has 3 aromatic rings. The lowest BCUT2D eigenvalue weighted by atomic mass is 10.2. The number of carbonyl (C=O) groups excluding carboxylic acids is 1. The predicted molar refractivity (Wildman–Crippen MR) is 111 cm³/mol. The molecule has 0 radical (unpaired) electrons. The van der Waals surface area contributed by atoms with Crippen molar-refractivity contribution in [2.45, 2.75) is 6.92 Å². The molecule has 144 valence electrons. The van der Waals surface area contributed by atoms with Gasteiger partial charge in [-0.05, 0) is 55.5 Å². The van der Waals surface area contributed by atoms with Crippen molar-refractivity contribution in [2.75, 3.05) is 24.0 Å². The van der Waals surface area contributed by atoms with Gasteiger partial charge in [-0.2, -0.15) is 0 Å². The summed E-state index contributed by atoms with van der Waals surface area (Å²) in [6.07, 6.45) is 0. The first-order valence-electron chi connectivity index (χ1n) is 9.06. The van der Waals surface area contributed by atoms with Crippen molar-refractivity contribution < 1.29 is 14.3 Å². The van der Waals surface area contributed by atoms with Gasteiger partial charge >= 0.3 is 6.03 Å². The van der Waals surface area contributed by atoms with E-state index in [0.717, 1.165) is 11.4 Å². The van der Waals surface area contributed by atoms with Crippen LogP contribution >= 0.6 is 0 Å². The number of benzene rings is 3. The zero-order chi connectivity index (χ0) is 19.6. The third-order valence-corrected chi connectivity index (χ3v) is 3.81. The van der Waals surface area contributed by atoms with E-state index in [9.17, 15) is 4.79 Å². The lowest BCUT2D eigenvalue weighted by Crippen LogP contribution is -2.32. The van der Waals surface area contributed by atoms with E-state index in [1.165, 1.54) is 0 Å². The van der Waals surface area contributed by atoms with Crippen LogP contribution in [0.2, 0.25) is 0 Å². The van der Waals surface area contributed by atoms with Gasteiger partial charge in [0.2, 0.25) is 0 Å². The minimum atomic E-state index is -0.349. The molecule has 28 heavy (non-hydrogen) atoms. The van der Waals surface area contributed by atoms with E-state index in [0.29, 0.717) is 23.8 Å². The molecular formula is C22H23N3O3. The predicted octanol–water partition coefficient (Wildman–Crippen LogP) is 4.99. The molecule has 2 amide bonds. The van der Waals surface area contributed by atoms with Gasteiger partial charge in [0.25, 0.3) is 0 Å². The third-order valence-electron chi connectivity index (χ3n) is 3.81. The molecule has 0 bridgehead atoms. The van der Waals surface area contributed by atoms with Crippen LogP contribution in [-0.4, -0.2) is 19.4 Å². The molecular weight excluding hydrogens is 354 g/mol. The second-order valence-electron chi connectivity index (χ2n) is 5.87. The summed E-state index contributed by atoms with van der Waals surface area (Å²) in [5.41, 5.74) is 2.63. The number of anilines is 3. The number of hydrogen-bond acceptors (Lipinski definition) is 4. The van der Waals surface area contributed by atoms with Gasteiger partial charge in [-0.1, -0.05) is 30.3 Å². The van der Waals surface area contributed by atoms with E-state index < -0.39 is 0 Å². The first-order chi connectivity index (χ1) is 13.7. The van der Waals surface area contributed by atoms with Crippen molar-refractivity contribution in [3.8, 4) is 11.5 Å². The zero-order valence-corrected chi connectivity index (χ0v) is 15.6. The minimum Gasteiger partial charge on any atom is -0.490 e. The summed E-state index contributed by atoms with van der Waals surface area (Å²) in [4.78, 5) is 12.0. The van der Waals surface area contributed by atoms with E-state index in [-0.39, 0.29) is 12.8 Å². The Bertz CT molecular complexity index is 883. The lowest BCUT2D eigenvalue weighted by molar-refractivity contribution is 0.229. The standard InChI is InChI=1S/C22H23N3O3/c1-2-27-20-10-6-7-11-21(20)28-16-23-22(26)25-19-14-12-18(13-15-19)24-17-8-4-3-5-9-17/h3-15,24H,2,16H2,1H3,(H2,23,25,26). The molecule has 0 saturated carbocycles. The lowest BCUT2D eigenvalue weighted by Gasteiger charge is -2.13. The molecule has 0 heterocycles. The first-order valence-corrected chi connectivity index (χ1v) is 9.06. The molecule has 0 aliphatic carbocycles. The Morgan fingerprint density at radius 1 is 0.750 bits per heavy atom. The first kappa shape index (κ1) is 19.1. The maximum absolute atomic E-state index is 12.0. The summed E-state index contributed by atoms with van der Waals surface area (Å²) in [6, 6.07) is 24.3. The van der Waals surface area contributed by atoms with Crippen molar-refractivity contribution in [3.63, 3.8) is 0 Å². The number of urea groups is 1. The van der Waals surface area contributed by atoms with Crippen LogP contribution < -0.4 is 25.4 Å². The summed E-state index contributed by atoms with van der Waals surface area (Å²) in [5, 5.41) is 8.72. The van der Waals surface area contributed by atoms with Crippen LogP contribution in [0.3, 0.4) is 0 Å². The number of amides is 2. The Morgan fingerprint density at radius 3 is 2.00 bits per heavy atom. The molecule has 0 atom stereocenters. The normalized spacial score (nSPS) is 10.0. The number of hydrogen-bond donors (Lipinski definition) is 3. The van der Waals surface area contributed by atoms with Crippen LogP contribution in [0.4, 0.5) is 21.9 Å². The zero-order valence-electron chi connectivity index (χ0n) is 15.6. The molecule has 3 N–H and O–H groups in total. The molecule has 6 heteroatoms. The van der Waals surface area contributed by atoms with Crippen LogP contribution in [0.1, 0.15) is 6.92 Å². The topological polar surface area (TPSA) is 71.6 Å². The number of nitrogens with one attached hydrogen (secondary N) is 3. The van der Waals surface area contributed by atoms with Gasteiger partial charge in [0.05, 0.1) is 6.61 Å². The quantitative estimate of drug-likeness (QED) is 0.484. The molecule has 0 aliphatic heterocycles. The average Bonchev–Trinajstić information content (AvgIpc) is 2.72. The fourth-order valence-corrected chi connectivity index (χ4v) is 2.52. The molecule has 0 aromatic heterocycles. The van der Waals surface area contributed by atoms with Crippen LogP contribution in [0.25, 0.3) is 0 Å². The van der Waals surface area contributed by atoms with Crippen molar-refractivity contribution in [2.24, 2.45) is 0 Å². The average molecular weight is 377 g/mol. The van der Waals surface area contributed by atoms with E-state index in [4.69, 9.17) is 9.47 Å². The molecule has 3 rings (SSSR count). The Balaban J connectivity index is 1.46. The van der Waals surface area contributed by atoms with Gasteiger partial charge in [-0.3, -0.25) is 0 Å². The highest BCUT2D eigenvalue weighted by Gasteiger charge is 2.05. The van der Waals surface area contributed by atoms with Crippen molar-refractivity contribution in [1.82, 2.24) is 5.32 Å². The number of ether oxygens (including phenoxy) is 2. The minimum absolute atomic E-state index is 0.0313. The monoisotopic (exact) mass is 377 g/mol. The van der Waals surface area contributed by atoms with Gasteiger partial charge in [0.1, 0.15) is 0 Å². The number of carbonyl (C=O) groups is 1. The second kappa shape index (κ2) is 9.87. The Morgan fingerprint density at radius 2 is 1.32 bits per heavy atom. The van der Waals surface area contributed by atoms with Crippen molar-refractivity contribution >= 4 is 23.1 Å². The molecule has 6 nitrogen and oxygen atoms in total. The largest absolute Gasteiger partial charge is 0.490 e. The van der Waals surface area contributed by atoms with Crippen molar-refractivity contribution in [1.29, 1.82) is 0 Å². The smallest absolute Gasteiger partial charge is 0.321 e. The van der Waals surface area contributed by atoms with Crippen LogP contribution in [0.15, 0.2) is 78.9 Å². The summed E-state index contributed by atoms with van der Waals surface area (Å²) in [5.74, 6) is 1.23. The highest BCUT2D eigenvalue weighted by atomic mass is 16.5. The molecule has 0 spiro atoms. The van der Waals surface area contributed by atoms with E-state index >= 15 is 0 Å². The molecule has 0 fully saturated rings. The van der Waals surface area contributed by atoms with Crippen molar-refractivity contribution in [3.05, 3.63) is 78.9 Å². The summed E-state index contributed by atoms with van der Waals surface area (Å²) in [6.45, 7) is 2.48. The summed E-state index contributed by atoms with van der Waals surface area (Å²) >= 11 is 0. The maximum atomic E-state index is 12.0. The SMILES string of the molecule is CCOc1ccccc1OCNC(=O)Nc1ccc(Nc2ccccc2)cc1. The molecule has 0 aliphatic rings. The van der Waals surface area contributed by atoms with E-state index in [1.54, 1.807) is 6.07 Å². The molecule has 0 saturated heterocycles. The van der Waals surface area contributed by atoms with Crippen LogP contribution in [0, 0.1) is 0 Å². The summed E-state index contributed by atoms with van der Waals surface area (Å²) < 4.78 is 11.1. The Labute approximate surface area is 164 Å². The maximum Gasteiger partial charge on any atom is 0.321 e. The molecule has 3 aromatic carbocycles. The van der Waals surface area contributed by atoms with Crippen LogP contribution in [0.5, 0.6) is 11.5 Å².